The second-order valence-corrected chi connectivity index (χ2v) is 6.95. The number of hydrogen-bond acceptors (Lipinski definition) is 6. The van der Waals surface area contributed by atoms with Crippen molar-refractivity contribution in [1.29, 1.82) is 0 Å². The maximum absolute atomic E-state index is 12.6. The summed E-state index contributed by atoms with van der Waals surface area (Å²) in [5, 5.41) is 5.65. The summed E-state index contributed by atoms with van der Waals surface area (Å²) in [5.74, 6) is 0.160. The molecule has 0 spiro atoms. The van der Waals surface area contributed by atoms with Crippen LogP contribution in [0.25, 0.3) is 11.3 Å². The number of nitrogens with two attached hydrogens (primary N) is 1. The van der Waals surface area contributed by atoms with Gasteiger partial charge in [-0.25, -0.2) is 9.78 Å². The van der Waals surface area contributed by atoms with Gasteiger partial charge in [-0.2, -0.15) is 0 Å². The summed E-state index contributed by atoms with van der Waals surface area (Å²) in [4.78, 5) is 29.4. The number of hydrogen-bond donors (Lipinski definition) is 2. The Balaban J connectivity index is 2.04. The standard InChI is InChI=1S/C18H21N5O2S/c1-4-8-23-15(19)14(16(24)22(3)18(23)25)13-10-26-17(21-13)20-12-7-5-6-11(2)9-12/h5-7,9-10H,4,8,19H2,1-3H3,(H,20,21). The lowest BCUT2D eigenvalue weighted by molar-refractivity contribution is 0.600. The van der Waals surface area contributed by atoms with Gasteiger partial charge in [0, 0.05) is 24.7 Å². The molecule has 0 aliphatic carbocycles. The zero-order valence-electron chi connectivity index (χ0n) is 14.9. The van der Waals surface area contributed by atoms with Crippen molar-refractivity contribution >= 4 is 28.0 Å². The Morgan fingerprint density at radius 2 is 2.08 bits per heavy atom. The molecule has 3 N–H and O–H groups in total. The molecule has 3 aromatic rings. The van der Waals surface area contributed by atoms with Crippen LogP contribution < -0.4 is 22.3 Å². The molecule has 0 bridgehead atoms. The van der Waals surface area contributed by atoms with Gasteiger partial charge in [0.2, 0.25) is 0 Å². The quantitative estimate of drug-likeness (QED) is 0.719. The second kappa shape index (κ2) is 7.17. The first-order valence-electron chi connectivity index (χ1n) is 8.31. The number of nitrogens with one attached hydrogen (secondary N) is 1. The lowest BCUT2D eigenvalue weighted by atomic mass is 10.2. The summed E-state index contributed by atoms with van der Waals surface area (Å²) in [6, 6.07) is 7.93. The SMILES string of the molecule is CCCn1c(N)c(-c2csc(Nc3cccc(C)c3)n2)c(=O)n(C)c1=O. The fraction of sp³-hybridized carbons (Fsp3) is 0.278. The topological polar surface area (TPSA) is 94.9 Å². The lowest BCUT2D eigenvalue weighted by Gasteiger charge is -2.13. The van der Waals surface area contributed by atoms with E-state index >= 15 is 0 Å². The number of benzene rings is 1. The minimum atomic E-state index is -0.438. The van der Waals surface area contributed by atoms with E-state index in [1.165, 1.54) is 23.0 Å². The van der Waals surface area contributed by atoms with Crippen molar-refractivity contribution in [3.63, 3.8) is 0 Å². The third-order valence-corrected chi connectivity index (χ3v) is 4.82. The number of nitrogen functional groups attached to an aromatic ring is 1. The van der Waals surface area contributed by atoms with Gasteiger partial charge in [-0.1, -0.05) is 19.1 Å². The van der Waals surface area contributed by atoms with Gasteiger partial charge in [-0.3, -0.25) is 13.9 Å². The Hall–Kier alpha value is -2.87. The van der Waals surface area contributed by atoms with Gasteiger partial charge in [-0.15, -0.1) is 11.3 Å². The van der Waals surface area contributed by atoms with E-state index in [2.05, 4.69) is 10.3 Å². The van der Waals surface area contributed by atoms with Gasteiger partial charge in [0.25, 0.3) is 5.56 Å². The third-order valence-electron chi connectivity index (χ3n) is 4.06. The fourth-order valence-corrected chi connectivity index (χ4v) is 3.48. The summed E-state index contributed by atoms with van der Waals surface area (Å²) in [6.07, 6.45) is 0.735. The number of thiazole rings is 1. The van der Waals surface area contributed by atoms with Gasteiger partial charge in [0.15, 0.2) is 5.13 Å². The van der Waals surface area contributed by atoms with Crippen molar-refractivity contribution in [2.45, 2.75) is 26.8 Å². The van der Waals surface area contributed by atoms with E-state index < -0.39 is 11.2 Å². The van der Waals surface area contributed by atoms with Gasteiger partial charge in [-0.05, 0) is 31.0 Å². The number of anilines is 3. The highest BCUT2D eigenvalue weighted by Gasteiger charge is 2.19. The molecule has 136 valence electrons. The van der Waals surface area contributed by atoms with Gasteiger partial charge < -0.3 is 11.1 Å². The Bertz CT molecular complexity index is 1060. The maximum Gasteiger partial charge on any atom is 0.332 e. The highest BCUT2D eigenvalue weighted by atomic mass is 32.1. The zero-order valence-corrected chi connectivity index (χ0v) is 15.8. The Morgan fingerprint density at radius 1 is 1.31 bits per heavy atom. The van der Waals surface area contributed by atoms with Crippen molar-refractivity contribution in [2.75, 3.05) is 11.1 Å². The molecule has 0 atom stereocenters. The fourth-order valence-electron chi connectivity index (χ4n) is 2.76. The van der Waals surface area contributed by atoms with Gasteiger partial charge >= 0.3 is 5.69 Å². The van der Waals surface area contributed by atoms with Crippen LogP contribution in [0.5, 0.6) is 0 Å². The van der Waals surface area contributed by atoms with E-state index in [0.717, 1.165) is 22.2 Å². The molecule has 2 aromatic heterocycles. The van der Waals surface area contributed by atoms with E-state index in [1.54, 1.807) is 5.38 Å². The molecule has 0 saturated heterocycles. The molecule has 0 saturated carbocycles. The van der Waals surface area contributed by atoms with E-state index in [0.29, 0.717) is 17.4 Å². The van der Waals surface area contributed by atoms with Crippen LogP contribution in [0.4, 0.5) is 16.6 Å². The molecule has 0 amide bonds. The molecule has 0 unspecified atom stereocenters. The van der Waals surface area contributed by atoms with Crippen molar-refractivity contribution in [2.24, 2.45) is 7.05 Å². The molecule has 26 heavy (non-hydrogen) atoms. The third kappa shape index (κ3) is 3.28. The average molecular weight is 371 g/mol. The molecule has 1 aromatic carbocycles. The van der Waals surface area contributed by atoms with Crippen LogP contribution in [0.2, 0.25) is 0 Å². The molecular formula is C18H21N5O2S. The highest BCUT2D eigenvalue weighted by Crippen LogP contribution is 2.28. The average Bonchev–Trinajstić information content (AvgIpc) is 3.05. The van der Waals surface area contributed by atoms with Crippen LogP contribution in [0, 0.1) is 6.92 Å². The minimum absolute atomic E-state index is 0.160. The van der Waals surface area contributed by atoms with Crippen LogP contribution in [0.1, 0.15) is 18.9 Å². The predicted molar refractivity (Wildman–Crippen MR) is 106 cm³/mol. The van der Waals surface area contributed by atoms with E-state index in [9.17, 15) is 9.59 Å². The van der Waals surface area contributed by atoms with Gasteiger partial charge in [0.05, 0.1) is 5.69 Å². The van der Waals surface area contributed by atoms with E-state index in [4.69, 9.17) is 5.73 Å². The maximum atomic E-state index is 12.6. The zero-order chi connectivity index (χ0) is 18.8. The molecule has 8 heteroatoms. The normalized spacial score (nSPS) is 10.9. The van der Waals surface area contributed by atoms with Crippen molar-refractivity contribution in [1.82, 2.24) is 14.1 Å². The summed E-state index contributed by atoms with van der Waals surface area (Å²) in [5.41, 5.74) is 8.08. The number of nitrogens with zero attached hydrogens (tertiary/aromatic N) is 3. The molecule has 0 radical (unpaired) electrons. The van der Waals surface area contributed by atoms with Crippen LogP contribution >= 0.6 is 11.3 Å². The molecule has 0 aliphatic heterocycles. The molecule has 3 rings (SSSR count). The molecule has 0 fully saturated rings. The molecule has 7 nitrogen and oxygen atoms in total. The molecular weight excluding hydrogens is 350 g/mol. The predicted octanol–water partition coefficient (Wildman–Crippen LogP) is 2.71. The largest absolute Gasteiger partial charge is 0.384 e. The van der Waals surface area contributed by atoms with Crippen LogP contribution in [-0.4, -0.2) is 14.1 Å². The summed E-state index contributed by atoms with van der Waals surface area (Å²) >= 11 is 1.38. The van der Waals surface area contributed by atoms with Crippen LogP contribution in [0.3, 0.4) is 0 Å². The lowest BCUT2D eigenvalue weighted by Crippen LogP contribution is -2.40. The number of aryl methyl sites for hydroxylation is 1. The number of rotatable bonds is 5. The highest BCUT2D eigenvalue weighted by molar-refractivity contribution is 7.14. The molecule has 0 aliphatic rings. The first-order valence-corrected chi connectivity index (χ1v) is 9.19. The first kappa shape index (κ1) is 17.9. The van der Waals surface area contributed by atoms with Crippen molar-refractivity contribution < 1.29 is 0 Å². The Labute approximate surface area is 154 Å². The van der Waals surface area contributed by atoms with Crippen molar-refractivity contribution in [3.8, 4) is 11.3 Å². The van der Waals surface area contributed by atoms with Crippen LogP contribution in [-0.2, 0) is 13.6 Å². The van der Waals surface area contributed by atoms with Crippen molar-refractivity contribution in [3.05, 3.63) is 56.0 Å². The smallest absolute Gasteiger partial charge is 0.332 e. The molecule has 2 heterocycles. The van der Waals surface area contributed by atoms with E-state index in [1.807, 2.05) is 38.1 Å². The monoisotopic (exact) mass is 371 g/mol. The van der Waals surface area contributed by atoms with Gasteiger partial charge in [0.1, 0.15) is 11.4 Å². The Kier molecular flexibility index (Phi) is 4.94. The summed E-state index contributed by atoms with van der Waals surface area (Å²) < 4.78 is 2.50. The minimum Gasteiger partial charge on any atom is -0.384 e. The first-order chi connectivity index (χ1) is 12.4. The van der Waals surface area contributed by atoms with E-state index in [-0.39, 0.29) is 11.4 Å². The summed E-state index contributed by atoms with van der Waals surface area (Å²) in [7, 11) is 1.46. The number of aromatic nitrogens is 3. The summed E-state index contributed by atoms with van der Waals surface area (Å²) in [6.45, 7) is 4.41. The Morgan fingerprint density at radius 3 is 2.77 bits per heavy atom. The van der Waals surface area contributed by atoms with Crippen LogP contribution in [0.15, 0.2) is 39.2 Å². The second-order valence-electron chi connectivity index (χ2n) is 6.09.